The number of benzene rings is 2. The Morgan fingerprint density at radius 2 is 2.04 bits per heavy atom. The fraction of sp³-hybridized carbons (Fsp3) is 0.429. The Kier molecular flexibility index (Phi) is 6.69. The lowest BCUT2D eigenvalue weighted by Gasteiger charge is -2.30. The SMILES string of the molecule is Cc1cccc(OCC(O)CN(Cc2ccccc2F)C2CCS(=O)(=O)C2)c1. The van der Waals surface area contributed by atoms with E-state index in [0.717, 1.165) is 5.56 Å². The Morgan fingerprint density at radius 1 is 1.25 bits per heavy atom. The van der Waals surface area contributed by atoms with E-state index in [2.05, 4.69) is 0 Å². The summed E-state index contributed by atoms with van der Waals surface area (Å²) in [6.07, 6.45) is -0.335. The molecule has 0 saturated carbocycles. The average Bonchev–Trinajstić information content (AvgIpc) is 3.01. The summed E-state index contributed by atoms with van der Waals surface area (Å²) in [5.74, 6) is 0.496. The van der Waals surface area contributed by atoms with Crippen LogP contribution in [0.2, 0.25) is 0 Å². The summed E-state index contributed by atoms with van der Waals surface area (Å²) >= 11 is 0. The van der Waals surface area contributed by atoms with Gasteiger partial charge in [0.2, 0.25) is 0 Å². The second-order valence-electron chi connectivity index (χ2n) is 7.36. The van der Waals surface area contributed by atoms with E-state index in [0.29, 0.717) is 17.7 Å². The monoisotopic (exact) mass is 407 g/mol. The number of aliphatic hydroxyl groups excluding tert-OH is 1. The molecule has 0 aromatic heterocycles. The zero-order valence-electron chi connectivity index (χ0n) is 15.9. The predicted octanol–water partition coefficient (Wildman–Crippen LogP) is 2.56. The van der Waals surface area contributed by atoms with Crippen LogP contribution < -0.4 is 4.74 Å². The van der Waals surface area contributed by atoms with Crippen molar-refractivity contribution in [2.24, 2.45) is 0 Å². The van der Waals surface area contributed by atoms with Crippen molar-refractivity contribution in [2.75, 3.05) is 24.7 Å². The maximum atomic E-state index is 14.1. The highest BCUT2D eigenvalue weighted by Crippen LogP contribution is 2.22. The second kappa shape index (κ2) is 9.03. The first kappa shape index (κ1) is 20.8. The maximum absolute atomic E-state index is 14.1. The number of rotatable bonds is 8. The molecule has 2 unspecified atom stereocenters. The molecular weight excluding hydrogens is 381 g/mol. The van der Waals surface area contributed by atoms with Crippen molar-refractivity contribution in [1.29, 1.82) is 0 Å². The molecule has 3 rings (SSSR count). The van der Waals surface area contributed by atoms with Gasteiger partial charge in [-0.1, -0.05) is 30.3 Å². The highest BCUT2D eigenvalue weighted by molar-refractivity contribution is 7.91. The second-order valence-corrected chi connectivity index (χ2v) is 9.59. The molecule has 0 aliphatic carbocycles. The number of aryl methyl sites for hydroxylation is 1. The van der Waals surface area contributed by atoms with Gasteiger partial charge in [0.1, 0.15) is 24.3 Å². The number of aliphatic hydroxyl groups is 1. The summed E-state index contributed by atoms with van der Waals surface area (Å²) in [7, 11) is -3.09. The number of nitrogens with zero attached hydrogens (tertiary/aromatic N) is 1. The van der Waals surface area contributed by atoms with Crippen molar-refractivity contribution in [2.45, 2.75) is 32.0 Å². The topological polar surface area (TPSA) is 66.8 Å². The summed E-state index contributed by atoms with van der Waals surface area (Å²) in [5.41, 5.74) is 1.54. The first-order chi connectivity index (χ1) is 13.3. The number of hydrogen-bond acceptors (Lipinski definition) is 5. The molecule has 0 radical (unpaired) electrons. The van der Waals surface area contributed by atoms with Gasteiger partial charge < -0.3 is 9.84 Å². The van der Waals surface area contributed by atoms with Gasteiger partial charge in [0.05, 0.1) is 11.5 Å². The minimum Gasteiger partial charge on any atom is -0.491 e. The Hall–Kier alpha value is -1.96. The van der Waals surface area contributed by atoms with Crippen LogP contribution in [-0.2, 0) is 16.4 Å². The van der Waals surface area contributed by atoms with Crippen molar-refractivity contribution in [3.8, 4) is 5.75 Å². The highest BCUT2D eigenvalue weighted by Gasteiger charge is 2.33. The van der Waals surface area contributed by atoms with Crippen molar-refractivity contribution in [1.82, 2.24) is 4.90 Å². The van der Waals surface area contributed by atoms with Gasteiger partial charge in [-0.05, 0) is 37.1 Å². The molecule has 2 aromatic carbocycles. The van der Waals surface area contributed by atoms with Crippen LogP contribution in [0.15, 0.2) is 48.5 Å². The van der Waals surface area contributed by atoms with Crippen molar-refractivity contribution >= 4 is 9.84 Å². The van der Waals surface area contributed by atoms with Crippen LogP contribution in [0, 0.1) is 12.7 Å². The Balaban J connectivity index is 1.66. The summed E-state index contributed by atoms with van der Waals surface area (Å²) in [5, 5.41) is 10.5. The zero-order valence-corrected chi connectivity index (χ0v) is 16.7. The van der Waals surface area contributed by atoms with Gasteiger partial charge in [-0.2, -0.15) is 0 Å². The molecule has 2 aromatic rings. The minimum absolute atomic E-state index is 0.0346. The van der Waals surface area contributed by atoms with E-state index in [9.17, 15) is 17.9 Å². The third-order valence-corrected chi connectivity index (χ3v) is 6.68. The molecule has 152 valence electrons. The normalized spacial score (nSPS) is 19.6. The Labute approximate surface area is 165 Å². The van der Waals surface area contributed by atoms with E-state index in [4.69, 9.17) is 4.74 Å². The zero-order chi connectivity index (χ0) is 20.1. The van der Waals surface area contributed by atoms with Gasteiger partial charge in [-0.15, -0.1) is 0 Å². The first-order valence-electron chi connectivity index (χ1n) is 9.38. The summed E-state index contributed by atoms with van der Waals surface area (Å²) in [6.45, 7) is 2.49. The fourth-order valence-electron chi connectivity index (χ4n) is 3.47. The van der Waals surface area contributed by atoms with Gasteiger partial charge in [0.25, 0.3) is 0 Å². The van der Waals surface area contributed by atoms with Crippen LogP contribution in [0.5, 0.6) is 5.75 Å². The van der Waals surface area contributed by atoms with E-state index >= 15 is 0 Å². The van der Waals surface area contributed by atoms with Crippen molar-refractivity contribution in [3.05, 3.63) is 65.5 Å². The predicted molar refractivity (Wildman–Crippen MR) is 107 cm³/mol. The molecule has 0 spiro atoms. The summed E-state index contributed by atoms with van der Waals surface area (Å²) in [4.78, 5) is 1.85. The molecule has 1 saturated heterocycles. The van der Waals surface area contributed by atoms with Gasteiger partial charge in [0, 0.05) is 24.7 Å². The van der Waals surface area contributed by atoms with E-state index in [-0.39, 0.29) is 43.1 Å². The van der Waals surface area contributed by atoms with Gasteiger partial charge in [-0.25, -0.2) is 12.8 Å². The lowest BCUT2D eigenvalue weighted by Crippen LogP contribution is -2.42. The minimum atomic E-state index is -3.09. The van der Waals surface area contributed by atoms with Crippen LogP contribution in [0.25, 0.3) is 0 Å². The Morgan fingerprint density at radius 3 is 2.71 bits per heavy atom. The van der Waals surface area contributed by atoms with Crippen LogP contribution in [0.3, 0.4) is 0 Å². The van der Waals surface area contributed by atoms with E-state index in [1.165, 1.54) is 6.07 Å². The van der Waals surface area contributed by atoms with Gasteiger partial charge in [-0.3, -0.25) is 4.90 Å². The molecule has 28 heavy (non-hydrogen) atoms. The van der Waals surface area contributed by atoms with Crippen LogP contribution in [0.4, 0.5) is 4.39 Å². The van der Waals surface area contributed by atoms with E-state index < -0.39 is 15.9 Å². The molecule has 0 bridgehead atoms. The van der Waals surface area contributed by atoms with Crippen molar-refractivity contribution < 1.29 is 22.7 Å². The molecule has 7 heteroatoms. The largest absolute Gasteiger partial charge is 0.491 e. The smallest absolute Gasteiger partial charge is 0.151 e. The number of hydrogen-bond donors (Lipinski definition) is 1. The summed E-state index contributed by atoms with van der Waals surface area (Å²) < 4.78 is 43.6. The maximum Gasteiger partial charge on any atom is 0.151 e. The molecule has 1 fully saturated rings. The number of halogens is 1. The van der Waals surface area contributed by atoms with Crippen molar-refractivity contribution in [3.63, 3.8) is 0 Å². The third-order valence-electron chi connectivity index (χ3n) is 4.93. The van der Waals surface area contributed by atoms with Crippen LogP contribution in [-0.4, -0.2) is 55.2 Å². The lowest BCUT2D eigenvalue weighted by molar-refractivity contribution is 0.0520. The third kappa shape index (κ3) is 5.77. The number of sulfone groups is 1. The number of ether oxygens (including phenoxy) is 1. The van der Waals surface area contributed by atoms with Crippen LogP contribution in [0.1, 0.15) is 17.5 Å². The molecule has 1 aliphatic rings. The molecule has 1 aliphatic heterocycles. The van der Waals surface area contributed by atoms with Gasteiger partial charge in [0.15, 0.2) is 9.84 Å². The fourth-order valence-corrected chi connectivity index (χ4v) is 5.23. The molecule has 5 nitrogen and oxygen atoms in total. The average molecular weight is 408 g/mol. The first-order valence-corrected chi connectivity index (χ1v) is 11.2. The molecular formula is C21H26FNO4S. The quantitative estimate of drug-likeness (QED) is 0.729. The lowest BCUT2D eigenvalue weighted by atomic mass is 10.1. The van der Waals surface area contributed by atoms with Crippen LogP contribution >= 0.6 is 0 Å². The van der Waals surface area contributed by atoms with Gasteiger partial charge >= 0.3 is 0 Å². The standard InChI is InChI=1S/C21H26FNO4S/c1-16-5-4-7-20(11-16)27-14-19(24)13-23(18-9-10-28(25,26)15-18)12-17-6-2-3-8-21(17)22/h2-8,11,18-19,24H,9-10,12-15H2,1H3. The van der Waals surface area contributed by atoms with E-state index in [1.54, 1.807) is 18.2 Å². The highest BCUT2D eigenvalue weighted by atomic mass is 32.2. The Bertz CT molecular complexity index is 903. The molecule has 2 atom stereocenters. The molecule has 1 N–H and O–H groups in total. The van der Waals surface area contributed by atoms with E-state index in [1.807, 2.05) is 36.1 Å². The summed E-state index contributed by atoms with van der Waals surface area (Å²) in [6, 6.07) is 13.7. The molecule has 0 amide bonds. The molecule has 1 heterocycles.